The summed E-state index contributed by atoms with van der Waals surface area (Å²) in [6, 6.07) is 19.0. The van der Waals surface area contributed by atoms with Gasteiger partial charge < -0.3 is 15.4 Å². The molecule has 0 fully saturated rings. The van der Waals surface area contributed by atoms with E-state index in [1.165, 1.54) is 19.4 Å². The van der Waals surface area contributed by atoms with Gasteiger partial charge in [-0.05, 0) is 36.4 Å². The Labute approximate surface area is 173 Å². The van der Waals surface area contributed by atoms with Crippen LogP contribution < -0.4 is 15.4 Å². The predicted molar refractivity (Wildman–Crippen MR) is 114 cm³/mol. The molecular formula is C22H18ClN3O3. The van der Waals surface area contributed by atoms with Crippen LogP contribution in [0.15, 0.2) is 78.5 Å². The van der Waals surface area contributed by atoms with Crippen LogP contribution in [0.5, 0.6) is 5.75 Å². The maximum absolute atomic E-state index is 12.9. The summed E-state index contributed by atoms with van der Waals surface area (Å²) in [4.78, 5) is 29.8. The number of amides is 2. The largest absolute Gasteiger partial charge is 0.497 e. The summed E-state index contributed by atoms with van der Waals surface area (Å²) < 4.78 is 5.16. The van der Waals surface area contributed by atoms with E-state index in [0.717, 1.165) is 0 Å². The highest BCUT2D eigenvalue weighted by Crippen LogP contribution is 2.20. The van der Waals surface area contributed by atoms with Gasteiger partial charge in [0.05, 0.1) is 7.11 Å². The second kappa shape index (κ2) is 9.52. The normalized spacial score (nSPS) is 10.9. The lowest BCUT2D eigenvalue weighted by atomic mass is 10.1. The third-order valence-electron chi connectivity index (χ3n) is 3.94. The number of halogens is 1. The molecule has 146 valence electrons. The molecule has 6 nitrogen and oxygen atoms in total. The molecule has 0 aliphatic carbocycles. The fourth-order valence-electron chi connectivity index (χ4n) is 2.52. The number of hydrogen-bond acceptors (Lipinski definition) is 4. The number of anilines is 2. The molecule has 0 saturated heterocycles. The smallest absolute Gasteiger partial charge is 0.261 e. The number of rotatable bonds is 6. The van der Waals surface area contributed by atoms with E-state index in [0.29, 0.717) is 22.7 Å². The molecule has 0 saturated carbocycles. The number of nitrogens with one attached hydrogen (secondary N) is 2. The summed E-state index contributed by atoms with van der Waals surface area (Å²) in [6.45, 7) is 0. The van der Waals surface area contributed by atoms with Crippen molar-refractivity contribution in [2.24, 2.45) is 0 Å². The summed E-state index contributed by atoms with van der Waals surface area (Å²) in [7, 11) is 1.53. The number of aromatic nitrogens is 1. The van der Waals surface area contributed by atoms with Crippen LogP contribution in [0, 0.1) is 0 Å². The van der Waals surface area contributed by atoms with Crippen molar-refractivity contribution in [3.8, 4) is 5.75 Å². The van der Waals surface area contributed by atoms with Crippen LogP contribution in [-0.4, -0.2) is 23.9 Å². The average Bonchev–Trinajstić information content (AvgIpc) is 2.73. The highest BCUT2D eigenvalue weighted by atomic mass is 35.5. The molecule has 0 aliphatic heterocycles. The van der Waals surface area contributed by atoms with E-state index in [9.17, 15) is 9.59 Å². The first-order chi connectivity index (χ1) is 14.1. The molecular weight excluding hydrogens is 390 g/mol. The zero-order chi connectivity index (χ0) is 20.6. The molecule has 7 heteroatoms. The Balaban J connectivity index is 1.92. The summed E-state index contributed by atoms with van der Waals surface area (Å²) in [6.07, 6.45) is 2.93. The molecule has 3 rings (SSSR count). The Hall–Kier alpha value is -3.64. The molecule has 0 bridgehead atoms. The van der Waals surface area contributed by atoms with Gasteiger partial charge in [0.15, 0.2) is 0 Å². The van der Waals surface area contributed by atoms with E-state index in [2.05, 4.69) is 15.6 Å². The molecule has 0 radical (unpaired) electrons. The Kier molecular flexibility index (Phi) is 6.60. The molecule has 3 aromatic rings. The van der Waals surface area contributed by atoms with Crippen molar-refractivity contribution in [2.75, 3.05) is 17.7 Å². The Bertz CT molecular complexity index is 1050. The fraction of sp³-hybridized carbons (Fsp3) is 0.0455. The van der Waals surface area contributed by atoms with Crippen molar-refractivity contribution >= 4 is 40.9 Å². The lowest BCUT2D eigenvalue weighted by Crippen LogP contribution is -2.25. The van der Waals surface area contributed by atoms with Crippen molar-refractivity contribution in [3.63, 3.8) is 0 Å². The van der Waals surface area contributed by atoms with E-state index < -0.39 is 11.8 Å². The molecule has 29 heavy (non-hydrogen) atoms. The highest BCUT2D eigenvalue weighted by Gasteiger charge is 2.20. The van der Waals surface area contributed by atoms with E-state index in [1.807, 2.05) is 6.07 Å². The quantitative estimate of drug-likeness (QED) is 0.274. The summed E-state index contributed by atoms with van der Waals surface area (Å²) >= 11 is 6.10. The number of carbonyl (C=O) groups is 2. The third kappa shape index (κ3) is 5.43. The Morgan fingerprint density at radius 1 is 0.931 bits per heavy atom. The number of ether oxygens (including phenoxy) is 1. The molecule has 0 spiro atoms. The lowest BCUT2D eigenvalue weighted by Gasteiger charge is -2.11. The van der Waals surface area contributed by atoms with Crippen LogP contribution in [0.2, 0.25) is 5.15 Å². The highest BCUT2D eigenvalue weighted by molar-refractivity contribution is 6.32. The molecule has 1 heterocycles. The first kappa shape index (κ1) is 20.1. The molecule has 2 N–H and O–H groups in total. The minimum Gasteiger partial charge on any atom is -0.497 e. The summed E-state index contributed by atoms with van der Waals surface area (Å²) in [5, 5.41) is 5.61. The summed E-state index contributed by atoms with van der Waals surface area (Å²) in [5.41, 5.74) is 1.39. The third-order valence-corrected chi connectivity index (χ3v) is 4.25. The predicted octanol–water partition coefficient (Wildman–Crippen LogP) is 4.40. The fourth-order valence-corrected chi connectivity index (χ4v) is 2.69. The zero-order valence-electron chi connectivity index (χ0n) is 15.6. The van der Waals surface area contributed by atoms with Crippen molar-refractivity contribution in [2.45, 2.75) is 0 Å². The number of methoxy groups -OCH3 is 1. The molecule has 0 unspecified atom stereocenters. The van der Waals surface area contributed by atoms with Crippen molar-refractivity contribution in [3.05, 3.63) is 89.2 Å². The monoisotopic (exact) mass is 407 g/mol. The minimum absolute atomic E-state index is 0.119. The van der Waals surface area contributed by atoms with Crippen molar-refractivity contribution in [1.29, 1.82) is 0 Å². The van der Waals surface area contributed by atoms with Gasteiger partial charge in [0.25, 0.3) is 11.8 Å². The number of para-hydroxylation sites is 1. The van der Waals surface area contributed by atoms with Crippen molar-refractivity contribution < 1.29 is 14.3 Å². The van der Waals surface area contributed by atoms with Crippen LogP contribution >= 0.6 is 11.6 Å². The van der Waals surface area contributed by atoms with Gasteiger partial charge in [-0.15, -0.1) is 0 Å². The van der Waals surface area contributed by atoms with Crippen LogP contribution in [0.25, 0.3) is 6.08 Å². The first-order valence-corrected chi connectivity index (χ1v) is 9.08. The zero-order valence-corrected chi connectivity index (χ0v) is 16.3. The number of carbonyl (C=O) groups excluding carboxylic acids is 2. The van der Waals surface area contributed by atoms with Gasteiger partial charge in [-0.3, -0.25) is 9.59 Å². The molecule has 2 amide bonds. The molecule has 0 aliphatic rings. The van der Waals surface area contributed by atoms with Crippen LogP contribution in [0.1, 0.15) is 5.56 Å². The Morgan fingerprint density at radius 3 is 2.31 bits per heavy atom. The number of hydrogen-bond donors (Lipinski definition) is 2. The van der Waals surface area contributed by atoms with Crippen LogP contribution in [0.3, 0.4) is 0 Å². The molecule has 0 atom stereocenters. The second-order valence-corrected chi connectivity index (χ2v) is 6.31. The molecule has 1 aromatic heterocycles. The van der Waals surface area contributed by atoms with E-state index in [-0.39, 0.29) is 10.7 Å². The number of benzene rings is 2. The van der Waals surface area contributed by atoms with Gasteiger partial charge in [-0.2, -0.15) is 0 Å². The maximum atomic E-state index is 12.9. The van der Waals surface area contributed by atoms with E-state index in [4.69, 9.17) is 16.3 Å². The topological polar surface area (TPSA) is 80.3 Å². The van der Waals surface area contributed by atoms with E-state index >= 15 is 0 Å². The SMILES string of the molecule is COc1cccc(NC(=O)/C(=C/c2cccnc2Cl)C(=O)Nc2ccccc2)c1. The van der Waals surface area contributed by atoms with Gasteiger partial charge in [0.1, 0.15) is 16.5 Å². The van der Waals surface area contributed by atoms with Crippen molar-refractivity contribution in [1.82, 2.24) is 4.98 Å². The van der Waals surface area contributed by atoms with Crippen LogP contribution in [0.4, 0.5) is 11.4 Å². The Morgan fingerprint density at radius 2 is 1.62 bits per heavy atom. The molecule has 2 aromatic carbocycles. The van der Waals surface area contributed by atoms with Gasteiger partial charge in [-0.25, -0.2) is 4.98 Å². The van der Waals surface area contributed by atoms with Gasteiger partial charge in [0.2, 0.25) is 0 Å². The maximum Gasteiger partial charge on any atom is 0.261 e. The van der Waals surface area contributed by atoms with Gasteiger partial charge >= 0.3 is 0 Å². The first-order valence-electron chi connectivity index (χ1n) is 8.71. The van der Waals surface area contributed by atoms with Gasteiger partial charge in [-0.1, -0.05) is 41.9 Å². The standard InChI is InChI=1S/C22H18ClN3O3/c1-29-18-11-5-10-17(14-18)26-22(28)19(13-15-7-6-12-24-20(15)23)21(27)25-16-8-3-2-4-9-16/h2-14H,1H3,(H,25,27)(H,26,28)/b19-13+. The summed E-state index contributed by atoms with van der Waals surface area (Å²) in [5.74, 6) is -0.583. The van der Waals surface area contributed by atoms with Gasteiger partial charge in [0, 0.05) is 29.2 Å². The minimum atomic E-state index is -0.591. The average molecular weight is 408 g/mol. The van der Waals surface area contributed by atoms with E-state index in [1.54, 1.807) is 60.7 Å². The lowest BCUT2D eigenvalue weighted by molar-refractivity contribution is -0.118. The second-order valence-electron chi connectivity index (χ2n) is 5.95. The number of pyridine rings is 1. The van der Waals surface area contributed by atoms with Crippen LogP contribution in [-0.2, 0) is 9.59 Å². The number of nitrogens with zero attached hydrogens (tertiary/aromatic N) is 1.